The van der Waals surface area contributed by atoms with E-state index in [1.165, 1.54) is 6.07 Å². The van der Waals surface area contributed by atoms with E-state index in [2.05, 4.69) is 5.10 Å². The molecule has 1 atom stereocenters. The van der Waals surface area contributed by atoms with Crippen LogP contribution >= 0.6 is 11.6 Å². The first kappa shape index (κ1) is 14.4. The number of halogens is 2. The highest BCUT2D eigenvalue weighted by Crippen LogP contribution is 2.36. The molecule has 1 saturated heterocycles. The molecule has 0 aliphatic carbocycles. The van der Waals surface area contributed by atoms with Crippen LogP contribution in [0.25, 0.3) is 11.3 Å². The maximum absolute atomic E-state index is 13.9. The minimum atomic E-state index is -0.516. The fraction of sp³-hybridized carbons (Fsp3) is 0.400. The van der Waals surface area contributed by atoms with Crippen molar-refractivity contribution in [3.63, 3.8) is 0 Å². The number of rotatable bonds is 2. The predicted molar refractivity (Wildman–Crippen MR) is 80.6 cm³/mol. The quantitative estimate of drug-likeness (QED) is 0.855. The minimum absolute atomic E-state index is 0.0158. The molecule has 21 heavy (non-hydrogen) atoms. The van der Waals surface area contributed by atoms with E-state index in [1.54, 1.807) is 10.9 Å². The third kappa shape index (κ3) is 2.51. The first-order valence-corrected chi connectivity index (χ1v) is 7.37. The lowest BCUT2D eigenvalue weighted by molar-refractivity contribution is -0.0383. The summed E-state index contributed by atoms with van der Waals surface area (Å²) in [5, 5.41) is 4.59. The fourth-order valence-corrected chi connectivity index (χ4v) is 2.87. The lowest BCUT2D eigenvalue weighted by Crippen LogP contribution is -2.20. The van der Waals surface area contributed by atoms with Gasteiger partial charge in [-0.2, -0.15) is 5.10 Å². The highest BCUT2D eigenvalue weighted by molar-refractivity contribution is 6.34. The molecule has 112 valence electrons. The van der Waals surface area contributed by atoms with Gasteiger partial charge in [-0.15, -0.1) is 0 Å². The molecular formula is C15H17ClFN3O. The number of nitrogens with two attached hydrogens (primary N) is 1. The summed E-state index contributed by atoms with van der Waals surface area (Å²) < 4.78 is 21.5. The smallest absolute Gasteiger partial charge is 0.150 e. The molecule has 2 heterocycles. The van der Waals surface area contributed by atoms with Crippen LogP contribution in [0.1, 0.15) is 31.1 Å². The molecule has 6 heteroatoms. The van der Waals surface area contributed by atoms with Gasteiger partial charge in [0.25, 0.3) is 0 Å². The normalized spacial score (nSPS) is 18.9. The van der Waals surface area contributed by atoms with Gasteiger partial charge >= 0.3 is 0 Å². The van der Waals surface area contributed by atoms with Gasteiger partial charge in [-0.05, 0) is 43.9 Å². The monoisotopic (exact) mass is 309 g/mol. The van der Waals surface area contributed by atoms with Crippen molar-refractivity contribution in [3.8, 4) is 11.3 Å². The number of hydrogen-bond acceptors (Lipinski definition) is 3. The van der Waals surface area contributed by atoms with E-state index >= 15 is 0 Å². The Morgan fingerprint density at radius 3 is 3.00 bits per heavy atom. The maximum atomic E-state index is 13.9. The van der Waals surface area contributed by atoms with Crippen molar-refractivity contribution in [2.24, 2.45) is 0 Å². The van der Waals surface area contributed by atoms with Crippen LogP contribution in [-0.4, -0.2) is 16.4 Å². The molecule has 0 bridgehead atoms. The average molecular weight is 310 g/mol. The molecule has 4 nitrogen and oxygen atoms in total. The molecule has 1 aromatic heterocycles. The molecule has 1 unspecified atom stereocenters. The number of benzene rings is 1. The molecule has 0 amide bonds. The molecule has 2 aromatic rings. The SMILES string of the molecule is Cc1c(-c2ccnn2C2CCCCO2)cc(F)c(N)c1Cl. The predicted octanol–water partition coefficient (Wildman–Crippen LogP) is 3.93. The largest absolute Gasteiger partial charge is 0.395 e. The van der Waals surface area contributed by atoms with Crippen LogP contribution in [0.2, 0.25) is 5.02 Å². The van der Waals surface area contributed by atoms with Crippen LogP contribution in [0.15, 0.2) is 18.3 Å². The lowest BCUT2D eigenvalue weighted by atomic mass is 10.0. The minimum Gasteiger partial charge on any atom is -0.395 e. The van der Waals surface area contributed by atoms with Crippen molar-refractivity contribution in [1.82, 2.24) is 9.78 Å². The van der Waals surface area contributed by atoms with Crippen LogP contribution in [0.4, 0.5) is 10.1 Å². The molecule has 0 saturated carbocycles. The summed E-state index contributed by atoms with van der Waals surface area (Å²) in [6, 6.07) is 3.25. The van der Waals surface area contributed by atoms with Crippen LogP contribution in [0, 0.1) is 12.7 Å². The Balaban J connectivity index is 2.08. The Morgan fingerprint density at radius 1 is 1.48 bits per heavy atom. The average Bonchev–Trinajstić information content (AvgIpc) is 2.99. The molecule has 1 aliphatic heterocycles. The maximum Gasteiger partial charge on any atom is 0.150 e. The summed E-state index contributed by atoms with van der Waals surface area (Å²) >= 11 is 6.12. The van der Waals surface area contributed by atoms with E-state index < -0.39 is 5.82 Å². The van der Waals surface area contributed by atoms with Gasteiger partial charge in [0.05, 0.1) is 16.4 Å². The number of anilines is 1. The third-order valence-corrected chi connectivity index (χ3v) is 4.36. The first-order valence-electron chi connectivity index (χ1n) is 6.99. The highest BCUT2D eigenvalue weighted by atomic mass is 35.5. The van der Waals surface area contributed by atoms with Gasteiger partial charge in [0.1, 0.15) is 5.82 Å². The molecule has 3 rings (SSSR count). The van der Waals surface area contributed by atoms with Crippen molar-refractivity contribution in [2.75, 3.05) is 12.3 Å². The zero-order valence-corrected chi connectivity index (χ0v) is 12.5. The summed E-state index contributed by atoms with van der Waals surface area (Å²) in [5.41, 5.74) is 7.84. The summed E-state index contributed by atoms with van der Waals surface area (Å²) in [7, 11) is 0. The van der Waals surface area contributed by atoms with Crippen molar-refractivity contribution < 1.29 is 9.13 Å². The Hall–Kier alpha value is -1.59. The number of ether oxygens (including phenoxy) is 1. The molecular weight excluding hydrogens is 293 g/mol. The van der Waals surface area contributed by atoms with E-state index in [1.807, 2.05) is 13.0 Å². The second-order valence-electron chi connectivity index (χ2n) is 5.24. The molecule has 0 radical (unpaired) electrons. The van der Waals surface area contributed by atoms with Gasteiger partial charge < -0.3 is 10.5 Å². The van der Waals surface area contributed by atoms with E-state index in [4.69, 9.17) is 22.1 Å². The van der Waals surface area contributed by atoms with Gasteiger partial charge in [0.15, 0.2) is 6.23 Å². The van der Waals surface area contributed by atoms with Gasteiger partial charge in [0, 0.05) is 18.4 Å². The van der Waals surface area contributed by atoms with Crippen molar-refractivity contribution >= 4 is 17.3 Å². The lowest BCUT2D eigenvalue weighted by Gasteiger charge is -2.25. The molecule has 1 fully saturated rings. The Bertz CT molecular complexity index is 665. The highest BCUT2D eigenvalue weighted by Gasteiger charge is 2.22. The van der Waals surface area contributed by atoms with E-state index in [0.717, 1.165) is 37.1 Å². The van der Waals surface area contributed by atoms with Crippen molar-refractivity contribution in [1.29, 1.82) is 0 Å². The molecule has 0 spiro atoms. The molecule has 1 aliphatic rings. The Morgan fingerprint density at radius 2 is 2.29 bits per heavy atom. The van der Waals surface area contributed by atoms with E-state index in [0.29, 0.717) is 5.56 Å². The van der Waals surface area contributed by atoms with Gasteiger partial charge in [-0.25, -0.2) is 9.07 Å². The Kier molecular flexibility index (Phi) is 3.87. The third-order valence-electron chi connectivity index (χ3n) is 3.87. The number of nitrogens with zero attached hydrogens (tertiary/aromatic N) is 2. The second kappa shape index (κ2) is 5.66. The summed E-state index contributed by atoms with van der Waals surface area (Å²) in [4.78, 5) is 0. The number of nitrogen functional groups attached to an aromatic ring is 1. The second-order valence-corrected chi connectivity index (χ2v) is 5.62. The summed E-state index contributed by atoms with van der Waals surface area (Å²) in [5.74, 6) is -0.516. The standard InChI is InChI=1S/C15H17ClFN3O/c1-9-10(8-11(17)15(18)14(9)16)12-5-6-19-20(12)13-4-2-3-7-21-13/h5-6,8,13H,2-4,7,18H2,1H3. The zero-order valence-electron chi connectivity index (χ0n) is 11.8. The van der Waals surface area contributed by atoms with Crippen LogP contribution in [0.5, 0.6) is 0 Å². The number of hydrogen-bond donors (Lipinski definition) is 1. The topological polar surface area (TPSA) is 53.1 Å². The van der Waals surface area contributed by atoms with Crippen LogP contribution in [-0.2, 0) is 4.74 Å². The molecule has 1 aromatic carbocycles. The van der Waals surface area contributed by atoms with E-state index in [-0.39, 0.29) is 16.9 Å². The van der Waals surface area contributed by atoms with Gasteiger partial charge in [0.2, 0.25) is 0 Å². The Labute approximate surface area is 127 Å². The fourth-order valence-electron chi connectivity index (χ4n) is 2.68. The number of aromatic nitrogens is 2. The van der Waals surface area contributed by atoms with E-state index in [9.17, 15) is 4.39 Å². The summed E-state index contributed by atoms with van der Waals surface area (Å²) in [6.07, 6.45) is 4.64. The zero-order chi connectivity index (χ0) is 15.0. The van der Waals surface area contributed by atoms with Crippen LogP contribution < -0.4 is 5.73 Å². The molecule has 2 N–H and O–H groups in total. The van der Waals surface area contributed by atoms with Crippen LogP contribution in [0.3, 0.4) is 0 Å². The van der Waals surface area contributed by atoms with Crippen molar-refractivity contribution in [3.05, 3.63) is 34.7 Å². The van der Waals surface area contributed by atoms with Crippen molar-refractivity contribution in [2.45, 2.75) is 32.4 Å². The first-order chi connectivity index (χ1) is 10.1. The summed E-state index contributed by atoms with van der Waals surface area (Å²) in [6.45, 7) is 2.55. The van der Waals surface area contributed by atoms with Gasteiger partial charge in [-0.1, -0.05) is 11.6 Å². The van der Waals surface area contributed by atoms with Gasteiger partial charge in [-0.3, -0.25) is 0 Å².